The predicted molar refractivity (Wildman–Crippen MR) is 111 cm³/mol. The largest absolute Gasteiger partial charge is 0.507 e. The van der Waals surface area contributed by atoms with Crippen molar-refractivity contribution in [2.45, 2.75) is 45.0 Å². The Kier molecular flexibility index (Phi) is 7.30. The van der Waals surface area contributed by atoms with Crippen LogP contribution < -0.4 is 0 Å². The summed E-state index contributed by atoms with van der Waals surface area (Å²) in [5, 5.41) is 29.2. The second kappa shape index (κ2) is 8.90. The van der Waals surface area contributed by atoms with E-state index in [1.807, 2.05) is 26.8 Å². The van der Waals surface area contributed by atoms with Crippen LogP contribution in [0, 0.1) is 5.92 Å². The molecule has 0 saturated carbocycles. The lowest BCUT2D eigenvalue weighted by atomic mass is 9.90. The zero-order valence-electron chi connectivity index (χ0n) is 15.8. The summed E-state index contributed by atoms with van der Waals surface area (Å²) in [5.74, 6) is 0.0737. The maximum absolute atomic E-state index is 12.3. The van der Waals surface area contributed by atoms with Gasteiger partial charge in [0.25, 0.3) is 0 Å². The zero-order valence-corrected chi connectivity index (χ0v) is 18.2. The highest BCUT2D eigenvalue weighted by molar-refractivity contribution is 9.10. The van der Waals surface area contributed by atoms with Crippen molar-refractivity contribution < 1.29 is 23.7 Å². The first-order valence-electron chi connectivity index (χ1n) is 8.95. The van der Waals surface area contributed by atoms with Crippen molar-refractivity contribution >= 4 is 31.8 Å². The second-order valence-corrected chi connectivity index (χ2v) is 10.5. The molecule has 0 radical (unpaired) electrons. The molecule has 0 unspecified atom stereocenters. The molecule has 0 saturated heterocycles. The molecule has 1 aromatic rings. The van der Waals surface area contributed by atoms with E-state index in [9.17, 15) is 23.7 Å². The number of phenolic OH excluding ortho intramolecular Hbond substituents is 1. The van der Waals surface area contributed by atoms with Gasteiger partial charge in [0.2, 0.25) is 0 Å². The molecule has 2 rings (SSSR count). The van der Waals surface area contributed by atoms with Crippen LogP contribution in [-0.2, 0) is 9.84 Å². The molecule has 150 valence electrons. The number of allylic oxidation sites excluding steroid dienone is 1. The summed E-state index contributed by atoms with van der Waals surface area (Å²) >= 11 is 3.37. The van der Waals surface area contributed by atoms with Gasteiger partial charge >= 0.3 is 0 Å². The van der Waals surface area contributed by atoms with Crippen molar-refractivity contribution in [2.75, 3.05) is 12.4 Å². The number of phenols is 1. The first kappa shape index (κ1) is 22.1. The van der Waals surface area contributed by atoms with Crippen LogP contribution in [0.2, 0.25) is 0 Å². The highest BCUT2D eigenvalue weighted by atomic mass is 79.9. The summed E-state index contributed by atoms with van der Waals surface area (Å²) in [5.41, 5.74) is 2.81. The maximum atomic E-state index is 12.3. The van der Waals surface area contributed by atoms with E-state index in [4.69, 9.17) is 0 Å². The van der Waals surface area contributed by atoms with E-state index in [0.29, 0.717) is 29.6 Å². The molecule has 1 aliphatic heterocycles. The van der Waals surface area contributed by atoms with Crippen LogP contribution in [0.5, 0.6) is 5.75 Å². The van der Waals surface area contributed by atoms with Crippen LogP contribution in [0.1, 0.15) is 39.2 Å². The summed E-state index contributed by atoms with van der Waals surface area (Å²) in [6, 6.07) is 5.16. The van der Waals surface area contributed by atoms with Gasteiger partial charge in [0.05, 0.1) is 18.5 Å². The minimum absolute atomic E-state index is 0.00349. The average Bonchev–Trinajstić information content (AvgIpc) is 2.86. The van der Waals surface area contributed by atoms with E-state index in [2.05, 4.69) is 15.9 Å². The first-order valence-corrected chi connectivity index (χ1v) is 11.5. The third-order valence-electron chi connectivity index (χ3n) is 4.93. The molecular formula is C20H27BrO5S. The molecule has 2 atom stereocenters. The normalized spacial score (nSPS) is 21.1. The molecule has 1 aliphatic rings. The molecule has 0 aromatic heterocycles. The fourth-order valence-electron chi connectivity index (χ4n) is 3.44. The van der Waals surface area contributed by atoms with E-state index in [0.717, 1.165) is 10.0 Å². The standard InChI is InChI=1S/C20H27BrO5S/c1-12(2)16-11-27(25,26)19(10-22)20(16)18(24)6-4-13(3)8-14-9-15(21)5-7-17(14)23/h5,7-9,12,18-19,22-24H,4,6,10-11H2,1-3H3/b13-8+/t18-,19+/m1/s1. The summed E-state index contributed by atoms with van der Waals surface area (Å²) < 4.78 is 25.5. The SMILES string of the molecule is C/C(=C\c1cc(Br)ccc1O)CC[C@@H](O)C1=C(C(C)C)CS(=O)(=O)[C@H]1CO. The fourth-order valence-corrected chi connectivity index (χ4v) is 5.88. The Hall–Kier alpha value is -1.15. The van der Waals surface area contributed by atoms with Gasteiger partial charge in [0, 0.05) is 10.0 Å². The molecule has 1 aromatic carbocycles. The second-order valence-electron chi connectivity index (χ2n) is 7.36. The molecule has 0 amide bonds. The Bertz CT molecular complexity index is 855. The predicted octanol–water partition coefficient (Wildman–Crippen LogP) is 3.44. The number of halogens is 1. The molecular weight excluding hydrogens is 432 g/mol. The highest BCUT2D eigenvalue weighted by Crippen LogP contribution is 2.35. The number of hydrogen-bond acceptors (Lipinski definition) is 5. The minimum Gasteiger partial charge on any atom is -0.507 e. The lowest BCUT2D eigenvalue weighted by molar-refractivity contribution is 0.188. The van der Waals surface area contributed by atoms with Crippen molar-refractivity contribution in [3.8, 4) is 5.75 Å². The number of rotatable bonds is 7. The van der Waals surface area contributed by atoms with Gasteiger partial charge in [-0.2, -0.15) is 0 Å². The van der Waals surface area contributed by atoms with Gasteiger partial charge in [-0.3, -0.25) is 0 Å². The number of aliphatic hydroxyl groups excluding tert-OH is 2. The zero-order chi connectivity index (χ0) is 20.4. The number of sulfone groups is 1. The van der Waals surface area contributed by atoms with Crippen LogP contribution in [0.3, 0.4) is 0 Å². The van der Waals surface area contributed by atoms with Crippen molar-refractivity contribution in [2.24, 2.45) is 5.92 Å². The third-order valence-corrected chi connectivity index (χ3v) is 7.41. The Morgan fingerprint density at radius 1 is 1.37 bits per heavy atom. The quantitative estimate of drug-likeness (QED) is 0.543. The smallest absolute Gasteiger partial charge is 0.163 e. The lowest BCUT2D eigenvalue weighted by Gasteiger charge is -2.20. The van der Waals surface area contributed by atoms with Crippen LogP contribution >= 0.6 is 15.9 Å². The Morgan fingerprint density at radius 2 is 2.04 bits per heavy atom. The van der Waals surface area contributed by atoms with Gasteiger partial charge in [-0.05, 0) is 55.0 Å². The van der Waals surface area contributed by atoms with Crippen molar-refractivity contribution in [1.82, 2.24) is 0 Å². The van der Waals surface area contributed by atoms with Crippen LogP contribution in [-0.4, -0.2) is 47.5 Å². The van der Waals surface area contributed by atoms with Gasteiger partial charge in [-0.15, -0.1) is 0 Å². The Balaban J connectivity index is 2.18. The van der Waals surface area contributed by atoms with E-state index >= 15 is 0 Å². The molecule has 0 spiro atoms. The monoisotopic (exact) mass is 458 g/mol. The summed E-state index contributed by atoms with van der Waals surface area (Å²) in [7, 11) is -3.46. The minimum atomic E-state index is -3.46. The lowest BCUT2D eigenvalue weighted by Crippen LogP contribution is -2.29. The Labute approximate surface area is 169 Å². The number of benzene rings is 1. The van der Waals surface area contributed by atoms with E-state index in [-0.39, 0.29) is 17.4 Å². The van der Waals surface area contributed by atoms with Gasteiger partial charge < -0.3 is 15.3 Å². The molecule has 0 fully saturated rings. The van der Waals surface area contributed by atoms with Crippen molar-refractivity contribution in [1.29, 1.82) is 0 Å². The Morgan fingerprint density at radius 3 is 2.63 bits per heavy atom. The summed E-state index contributed by atoms with van der Waals surface area (Å²) in [4.78, 5) is 0. The molecule has 5 nitrogen and oxygen atoms in total. The third kappa shape index (κ3) is 5.22. The fraction of sp³-hybridized carbons (Fsp3) is 0.500. The van der Waals surface area contributed by atoms with Crippen LogP contribution in [0.4, 0.5) is 0 Å². The van der Waals surface area contributed by atoms with Gasteiger partial charge in [0.1, 0.15) is 11.0 Å². The van der Waals surface area contributed by atoms with Crippen molar-refractivity contribution in [3.05, 3.63) is 45.0 Å². The molecule has 0 bridgehead atoms. The topological polar surface area (TPSA) is 94.8 Å². The van der Waals surface area contributed by atoms with Gasteiger partial charge in [-0.1, -0.05) is 41.4 Å². The maximum Gasteiger partial charge on any atom is 0.163 e. The molecule has 7 heteroatoms. The number of aromatic hydroxyl groups is 1. The highest BCUT2D eigenvalue weighted by Gasteiger charge is 2.41. The first-order chi connectivity index (χ1) is 12.6. The molecule has 27 heavy (non-hydrogen) atoms. The van der Waals surface area contributed by atoms with Crippen LogP contribution in [0.25, 0.3) is 6.08 Å². The van der Waals surface area contributed by atoms with E-state index in [1.165, 1.54) is 0 Å². The molecule has 3 N–H and O–H groups in total. The van der Waals surface area contributed by atoms with E-state index in [1.54, 1.807) is 18.2 Å². The average molecular weight is 459 g/mol. The molecule has 1 heterocycles. The van der Waals surface area contributed by atoms with Gasteiger partial charge in [-0.25, -0.2) is 8.42 Å². The van der Waals surface area contributed by atoms with Gasteiger partial charge in [0.15, 0.2) is 9.84 Å². The van der Waals surface area contributed by atoms with E-state index < -0.39 is 27.8 Å². The number of hydrogen-bond donors (Lipinski definition) is 3. The summed E-state index contributed by atoms with van der Waals surface area (Å²) in [6.45, 7) is 5.20. The summed E-state index contributed by atoms with van der Waals surface area (Å²) in [6.07, 6.45) is 1.82. The number of aliphatic hydroxyl groups is 2. The van der Waals surface area contributed by atoms with Crippen LogP contribution in [0.15, 0.2) is 39.4 Å². The molecule has 0 aliphatic carbocycles. The van der Waals surface area contributed by atoms with Crippen molar-refractivity contribution in [3.63, 3.8) is 0 Å².